The summed E-state index contributed by atoms with van der Waals surface area (Å²) in [5, 5.41) is 12.4. The van der Waals surface area contributed by atoms with Crippen LogP contribution in [-0.4, -0.2) is 29.7 Å². The number of nitrogens with one attached hydrogen (secondary N) is 1. The van der Waals surface area contributed by atoms with E-state index >= 15 is 0 Å². The van der Waals surface area contributed by atoms with Crippen molar-refractivity contribution in [3.8, 4) is 11.8 Å². The minimum absolute atomic E-state index is 0.0430. The van der Waals surface area contributed by atoms with E-state index in [2.05, 4.69) is 16.0 Å². The lowest BCUT2D eigenvalue weighted by atomic mass is 10.2. The molecule has 164 valence electrons. The number of amides is 1. The van der Waals surface area contributed by atoms with Gasteiger partial charge in [-0.05, 0) is 56.9 Å². The SMILES string of the molecule is Cc1cccc(OCCC(=O)OCC(=O)Nc2c(C#N)c(C)c(C)n2C2CCCC2)c1. The van der Waals surface area contributed by atoms with Gasteiger partial charge in [-0.3, -0.25) is 9.59 Å². The molecule has 0 saturated heterocycles. The summed E-state index contributed by atoms with van der Waals surface area (Å²) in [6.45, 7) is 5.60. The number of benzene rings is 1. The summed E-state index contributed by atoms with van der Waals surface area (Å²) in [6.07, 6.45) is 4.37. The molecule has 0 spiro atoms. The Balaban J connectivity index is 1.54. The lowest BCUT2D eigenvalue weighted by Crippen LogP contribution is -2.24. The number of nitriles is 1. The number of hydrogen-bond donors (Lipinski definition) is 1. The van der Waals surface area contributed by atoms with E-state index in [9.17, 15) is 14.9 Å². The molecule has 1 saturated carbocycles. The van der Waals surface area contributed by atoms with Gasteiger partial charge in [0.05, 0.1) is 18.6 Å². The zero-order valence-electron chi connectivity index (χ0n) is 18.4. The van der Waals surface area contributed by atoms with Gasteiger partial charge in [-0.1, -0.05) is 25.0 Å². The van der Waals surface area contributed by atoms with Crippen molar-refractivity contribution in [2.24, 2.45) is 0 Å². The van der Waals surface area contributed by atoms with Gasteiger partial charge in [-0.2, -0.15) is 5.26 Å². The fourth-order valence-corrected chi connectivity index (χ4v) is 4.05. The van der Waals surface area contributed by atoms with Crippen LogP contribution in [0.3, 0.4) is 0 Å². The number of nitrogens with zero attached hydrogens (tertiary/aromatic N) is 2. The Kier molecular flexibility index (Phi) is 7.35. The van der Waals surface area contributed by atoms with Crippen molar-refractivity contribution in [1.29, 1.82) is 5.26 Å². The van der Waals surface area contributed by atoms with E-state index in [1.54, 1.807) is 0 Å². The fourth-order valence-electron chi connectivity index (χ4n) is 4.05. The summed E-state index contributed by atoms with van der Waals surface area (Å²) in [4.78, 5) is 24.4. The van der Waals surface area contributed by atoms with Crippen LogP contribution >= 0.6 is 0 Å². The number of rotatable bonds is 8. The molecule has 1 aromatic carbocycles. The molecule has 1 aliphatic carbocycles. The largest absolute Gasteiger partial charge is 0.493 e. The maximum atomic E-state index is 12.5. The molecule has 0 bridgehead atoms. The molecule has 7 nitrogen and oxygen atoms in total. The van der Waals surface area contributed by atoms with Gasteiger partial charge in [0.15, 0.2) is 6.61 Å². The predicted molar refractivity (Wildman–Crippen MR) is 117 cm³/mol. The van der Waals surface area contributed by atoms with E-state index in [4.69, 9.17) is 9.47 Å². The average Bonchev–Trinajstić information content (AvgIpc) is 3.34. The number of aromatic nitrogens is 1. The van der Waals surface area contributed by atoms with Gasteiger partial charge in [-0.25, -0.2) is 0 Å². The zero-order chi connectivity index (χ0) is 22.4. The maximum Gasteiger partial charge on any atom is 0.309 e. The van der Waals surface area contributed by atoms with Crippen molar-refractivity contribution in [3.05, 3.63) is 46.6 Å². The second-order valence-corrected chi connectivity index (χ2v) is 7.98. The highest BCUT2D eigenvalue weighted by molar-refractivity contribution is 5.93. The number of ether oxygens (including phenoxy) is 2. The average molecular weight is 424 g/mol. The molecule has 2 aromatic rings. The van der Waals surface area contributed by atoms with Crippen molar-refractivity contribution >= 4 is 17.7 Å². The minimum atomic E-state index is -0.512. The van der Waals surface area contributed by atoms with Gasteiger partial charge >= 0.3 is 5.97 Å². The van der Waals surface area contributed by atoms with Crippen LogP contribution in [0.5, 0.6) is 5.75 Å². The van der Waals surface area contributed by atoms with Crippen LogP contribution in [0.25, 0.3) is 0 Å². The standard InChI is InChI=1S/C24H29N3O4/c1-16-7-6-10-20(13-16)30-12-11-23(29)31-15-22(28)26-24-21(14-25)17(2)18(3)27(24)19-8-4-5-9-19/h6-7,10,13,19H,4-5,8-9,11-12,15H2,1-3H3,(H,26,28). The second kappa shape index (κ2) is 10.2. The van der Waals surface area contributed by atoms with Crippen LogP contribution in [0, 0.1) is 32.1 Å². The van der Waals surface area contributed by atoms with Gasteiger partial charge in [0, 0.05) is 11.7 Å². The summed E-state index contributed by atoms with van der Waals surface area (Å²) in [6, 6.07) is 10.0. The molecular weight excluding hydrogens is 394 g/mol. The van der Waals surface area contributed by atoms with E-state index in [0.717, 1.165) is 42.5 Å². The molecule has 0 radical (unpaired) electrons. The molecule has 1 heterocycles. The maximum absolute atomic E-state index is 12.5. The Labute approximate surface area is 183 Å². The molecule has 0 atom stereocenters. The highest BCUT2D eigenvalue weighted by Crippen LogP contribution is 2.37. The number of carbonyl (C=O) groups is 2. The molecule has 1 fully saturated rings. The lowest BCUT2D eigenvalue weighted by molar-refractivity contribution is -0.147. The summed E-state index contributed by atoms with van der Waals surface area (Å²) >= 11 is 0. The second-order valence-electron chi connectivity index (χ2n) is 7.98. The highest BCUT2D eigenvalue weighted by atomic mass is 16.5. The Bertz CT molecular complexity index is 997. The Morgan fingerprint density at radius 3 is 2.65 bits per heavy atom. The molecule has 1 amide bonds. The Morgan fingerprint density at radius 1 is 1.23 bits per heavy atom. The third-order valence-corrected chi connectivity index (χ3v) is 5.74. The topological polar surface area (TPSA) is 93.3 Å². The Morgan fingerprint density at radius 2 is 1.97 bits per heavy atom. The van der Waals surface area contributed by atoms with E-state index in [1.165, 1.54) is 0 Å². The van der Waals surface area contributed by atoms with Gasteiger partial charge in [0.2, 0.25) is 0 Å². The normalized spacial score (nSPS) is 13.6. The van der Waals surface area contributed by atoms with E-state index < -0.39 is 18.5 Å². The summed E-state index contributed by atoms with van der Waals surface area (Å²) < 4.78 is 12.7. The number of esters is 1. The third-order valence-electron chi connectivity index (χ3n) is 5.74. The molecule has 3 rings (SSSR count). The number of anilines is 1. The summed E-state index contributed by atoms with van der Waals surface area (Å²) in [7, 11) is 0. The highest BCUT2D eigenvalue weighted by Gasteiger charge is 2.26. The summed E-state index contributed by atoms with van der Waals surface area (Å²) in [5.74, 6) is 0.226. The first-order valence-electron chi connectivity index (χ1n) is 10.7. The van der Waals surface area contributed by atoms with Crippen molar-refractivity contribution in [3.63, 3.8) is 0 Å². The third kappa shape index (κ3) is 5.46. The molecule has 1 N–H and O–H groups in total. The van der Waals surface area contributed by atoms with Crippen molar-refractivity contribution < 1.29 is 19.1 Å². The monoisotopic (exact) mass is 423 g/mol. The van der Waals surface area contributed by atoms with Crippen molar-refractivity contribution in [2.75, 3.05) is 18.5 Å². The first-order chi connectivity index (χ1) is 14.9. The van der Waals surface area contributed by atoms with Gasteiger partial charge in [-0.15, -0.1) is 0 Å². The smallest absolute Gasteiger partial charge is 0.309 e. The van der Waals surface area contributed by atoms with E-state index in [1.807, 2.05) is 45.0 Å². The molecular formula is C24H29N3O4. The number of aryl methyl sites for hydroxylation is 1. The van der Waals surface area contributed by atoms with Crippen LogP contribution in [-0.2, 0) is 14.3 Å². The van der Waals surface area contributed by atoms with Gasteiger partial charge in [0.1, 0.15) is 17.6 Å². The number of carbonyl (C=O) groups excluding carboxylic acids is 2. The quantitative estimate of drug-likeness (QED) is 0.637. The Hall–Kier alpha value is -3.27. The first kappa shape index (κ1) is 22.4. The minimum Gasteiger partial charge on any atom is -0.493 e. The number of hydrogen-bond acceptors (Lipinski definition) is 5. The van der Waals surface area contributed by atoms with Crippen LogP contribution in [0.2, 0.25) is 0 Å². The van der Waals surface area contributed by atoms with E-state index in [0.29, 0.717) is 17.1 Å². The van der Waals surface area contributed by atoms with Crippen LogP contribution < -0.4 is 10.1 Å². The molecule has 0 unspecified atom stereocenters. The van der Waals surface area contributed by atoms with Gasteiger partial charge in [0.25, 0.3) is 5.91 Å². The summed E-state index contributed by atoms with van der Waals surface area (Å²) in [5.41, 5.74) is 3.40. The molecule has 1 aliphatic rings. The zero-order valence-corrected chi connectivity index (χ0v) is 18.4. The molecule has 1 aromatic heterocycles. The molecule has 31 heavy (non-hydrogen) atoms. The molecule has 0 aliphatic heterocycles. The lowest BCUT2D eigenvalue weighted by Gasteiger charge is -2.19. The van der Waals surface area contributed by atoms with E-state index in [-0.39, 0.29) is 19.1 Å². The van der Waals surface area contributed by atoms with Crippen LogP contribution in [0.1, 0.15) is 60.5 Å². The van der Waals surface area contributed by atoms with Gasteiger partial charge < -0.3 is 19.4 Å². The fraction of sp³-hybridized carbons (Fsp3) is 0.458. The first-order valence-corrected chi connectivity index (χ1v) is 10.7. The van der Waals surface area contributed by atoms with Crippen LogP contribution in [0.15, 0.2) is 24.3 Å². The molecule has 7 heteroatoms. The predicted octanol–water partition coefficient (Wildman–Crippen LogP) is 4.35. The van der Waals surface area contributed by atoms with Crippen molar-refractivity contribution in [1.82, 2.24) is 4.57 Å². The van der Waals surface area contributed by atoms with Crippen LogP contribution in [0.4, 0.5) is 5.82 Å². The van der Waals surface area contributed by atoms with Crippen molar-refractivity contribution in [2.45, 2.75) is 58.9 Å².